The number of rotatable bonds is 6. The molecule has 0 spiro atoms. The van der Waals surface area contributed by atoms with E-state index in [1.54, 1.807) is 0 Å². The Bertz CT molecular complexity index is 185. The summed E-state index contributed by atoms with van der Waals surface area (Å²) in [5.74, 6) is 0.634. The Balaban J connectivity index is 3.40. The molecule has 0 saturated carbocycles. The van der Waals surface area contributed by atoms with E-state index in [0.29, 0.717) is 5.84 Å². The van der Waals surface area contributed by atoms with E-state index in [1.165, 1.54) is 0 Å². The smallest absolute Gasteiger partial charge is 0.0971 e. The van der Waals surface area contributed by atoms with Gasteiger partial charge in [-0.3, -0.25) is 10.4 Å². The SMILES string of the molecule is CN(C)CCC=NCCC(=N)N(C)C. The summed E-state index contributed by atoms with van der Waals surface area (Å²) in [7, 11) is 7.88. The van der Waals surface area contributed by atoms with Gasteiger partial charge in [0.15, 0.2) is 0 Å². The van der Waals surface area contributed by atoms with Gasteiger partial charge in [0.05, 0.1) is 5.84 Å². The fourth-order valence-corrected chi connectivity index (χ4v) is 0.893. The first kappa shape index (κ1) is 13.1. The van der Waals surface area contributed by atoms with Crippen molar-refractivity contribution in [2.45, 2.75) is 12.8 Å². The van der Waals surface area contributed by atoms with Crippen molar-refractivity contribution in [2.24, 2.45) is 4.99 Å². The molecule has 0 aliphatic rings. The zero-order valence-corrected chi connectivity index (χ0v) is 9.75. The second-order valence-corrected chi connectivity index (χ2v) is 3.77. The fraction of sp³-hybridized carbons (Fsp3) is 0.800. The Morgan fingerprint density at radius 1 is 1.29 bits per heavy atom. The van der Waals surface area contributed by atoms with Crippen LogP contribution in [0.4, 0.5) is 0 Å². The monoisotopic (exact) mass is 198 g/mol. The van der Waals surface area contributed by atoms with Crippen molar-refractivity contribution in [1.29, 1.82) is 5.41 Å². The molecule has 4 heteroatoms. The molecule has 0 rings (SSSR count). The molecule has 0 radical (unpaired) electrons. The zero-order valence-electron chi connectivity index (χ0n) is 9.75. The molecule has 0 aromatic carbocycles. The number of nitrogens with zero attached hydrogens (tertiary/aromatic N) is 3. The molecule has 4 nitrogen and oxygen atoms in total. The van der Waals surface area contributed by atoms with Gasteiger partial charge in [0.1, 0.15) is 0 Å². The van der Waals surface area contributed by atoms with Crippen LogP contribution >= 0.6 is 0 Å². The highest BCUT2D eigenvalue weighted by Crippen LogP contribution is 1.88. The van der Waals surface area contributed by atoms with E-state index in [-0.39, 0.29) is 0 Å². The van der Waals surface area contributed by atoms with Gasteiger partial charge < -0.3 is 9.80 Å². The molecule has 14 heavy (non-hydrogen) atoms. The molecule has 1 N–H and O–H groups in total. The summed E-state index contributed by atoms with van der Waals surface area (Å²) in [6.45, 7) is 1.76. The van der Waals surface area contributed by atoms with Crippen molar-refractivity contribution < 1.29 is 0 Å². The Morgan fingerprint density at radius 2 is 1.93 bits per heavy atom. The van der Waals surface area contributed by atoms with Crippen molar-refractivity contribution in [3.05, 3.63) is 0 Å². The summed E-state index contributed by atoms with van der Waals surface area (Å²) in [6, 6.07) is 0. The van der Waals surface area contributed by atoms with Crippen LogP contribution < -0.4 is 0 Å². The van der Waals surface area contributed by atoms with Crippen molar-refractivity contribution in [2.75, 3.05) is 41.3 Å². The van der Waals surface area contributed by atoms with E-state index in [4.69, 9.17) is 5.41 Å². The Kier molecular flexibility index (Phi) is 7.02. The number of amidine groups is 1. The number of nitrogens with one attached hydrogen (secondary N) is 1. The normalized spacial score (nSPS) is 11.2. The highest BCUT2D eigenvalue weighted by atomic mass is 15.1. The third kappa shape index (κ3) is 7.73. The molecular weight excluding hydrogens is 176 g/mol. The summed E-state index contributed by atoms with van der Waals surface area (Å²) >= 11 is 0. The first-order valence-electron chi connectivity index (χ1n) is 4.91. The standard InChI is InChI=1S/C10H22N4/c1-13(2)9-5-7-12-8-6-10(11)14(3)4/h7,11H,5-6,8-9H2,1-4H3. The summed E-state index contributed by atoms with van der Waals surface area (Å²) in [5.41, 5.74) is 0. The van der Waals surface area contributed by atoms with Crippen LogP contribution in [0.5, 0.6) is 0 Å². The van der Waals surface area contributed by atoms with Gasteiger partial charge in [-0.15, -0.1) is 0 Å². The summed E-state index contributed by atoms with van der Waals surface area (Å²) in [4.78, 5) is 8.19. The molecule has 0 unspecified atom stereocenters. The van der Waals surface area contributed by atoms with Crippen molar-refractivity contribution in [3.63, 3.8) is 0 Å². The van der Waals surface area contributed by atoms with Gasteiger partial charge in [-0.25, -0.2) is 0 Å². The molecule has 0 saturated heterocycles. The fourth-order valence-electron chi connectivity index (χ4n) is 0.893. The second kappa shape index (κ2) is 7.50. The van der Waals surface area contributed by atoms with E-state index in [9.17, 15) is 0 Å². The zero-order chi connectivity index (χ0) is 11.0. The first-order valence-corrected chi connectivity index (χ1v) is 4.91. The topological polar surface area (TPSA) is 42.7 Å². The molecule has 0 amide bonds. The van der Waals surface area contributed by atoms with Gasteiger partial charge in [0.2, 0.25) is 0 Å². The maximum Gasteiger partial charge on any atom is 0.0971 e. The largest absolute Gasteiger partial charge is 0.367 e. The van der Waals surface area contributed by atoms with Gasteiger partial charge in [-0.2, -0.15) is 0 Å². The molecule has 0 aromatic rings. The number of hydrogen-bond donors (Lipinski definition) is 1. The quantitative estimate of drug-likeness (QED) is 0.510. The minimum Gasteiger partial charge on any atom is -0.367 e. The van der Waals surface area contributed by atoms with Crippen LogP contribution in [0.25, 0.3) is 0 Å². The van der Waals surface area contributed by atoms with E-state index in [1.807, 2.05) is 25.2 Å². The van der Waals surface area contributed by atoms with Crippen LogP contribution in [0.15, 0.2) is 4.99 Å². The van der Waals surface area contributed by atoms with E-state index >= 15 is 0 Å². The van der Waals surface area contributed by atoms with E-state index < -0.39 is 0 Å². The van der Waals surface area contributed by atoms with Crippen LogP contribution in [0.1, 0.15) is 12.8 Å². The van der Waals surface area contributed by atoms with Gasteiger partial charge >= 0.3 is 0 Å². The predicted molar refractivity (Wildman–Crippen MR) is 62.6 cm³/mol. The van der Waals surface area contributed by atoms with Gasteiger partial charge in [0, 0.05) is 33.6 Å². The molecule has 0 fully saturated rings. The minimum atomic E-state index is 0.634. The average molecular weight is 198 g/mol. The van der Waals surface area contributed by atoms with Crippen molar-refractivity contribution in [3.8, 4) is 0 Å². The van der Waals surface area contributed by atoms with Gasteiger partial charge in [-0.05, 0) is 26.7 Å². The molecule has 82 valence electrons. The van der Waals surface area contributed by atoms with Crippen LogP contribution in [0.2, 0.25) is 0 Å². The molecule has 0 aromatic heterocycles. The highest BCUT2D eigenvalue weighted by molar-refractivity contribution is 5.78. The van der Waals surface area contributed by atoms with E-state index in [0.717, 1.165) is 25.9 Å². The summed E-state index contributed by atoms with van der Waals surface area (Å²) < 4.78 is 0. The lowest BCUT2D eigenvalue weighted by atomic mass is 10.3. The van der Waals surface area contributed by atoms with Crippen LogP contribution in [0.3, 0.4) is 0 Å². The third-order valence-corrected chi connectivity index (χ3v) is 1.85. The molecule has 0 aliphatic heterocycles. The summed E-state index contributed by atoms with van der Waals surface area (Å²) in [5, 5.41) is 7.54. The third-order valence-electron chi connectivity index (χ3n) is 1.85. The lowest BCUT2D eigenvalue weighted by molar-refractivity contribution is 0.423. The molecule has 0 atom stereocenters. The molecular formula is C10H22N4. The molecule has 0 aliphatic carbocycles. The van der Waals surface area contributed by atoms with Crippen molar-refractivity contribution >= 4 is 12.1 Å². The van der Waals surface area contributed by atoms with E-state index in [2.05, 4.69) is 24.0 Å². The minimum absolute atomic E-state index is 0.634. The number of aliphatic imine (C=N–C) groups is 1. The second-order valence-electron chi connectivity index (χ2n) is 3.77. The van der Waals surface area contributed by atoms with Crippen LogP contribution in [-0.2, 0) is 0 Å². The first-order chi connectivity index (χ1) is 6.54. The maximum absolute atomic E-state index is 7.54. The highest BCUT2D eigenvalue weighted by Gasteiger charge is 1.96. The van der Waals surface area contributed by atoms with Gasteiger partial charge in [0.25, 0.3) is 0 Å². The Hall–Kier alpha value is -0.900. The van der Waals surface area contributed by atoms with Gasteiger partial charge in [-0.1, -0.05) is 0 Å². The Morgan fingerprint density at radius 3 is 2.43 bits per heavy atom. The average Bonchev–Trinajstić information content (AvgIpc) is 2.09. The number of hydrogen-bond acceptors (Lipinski definition) is 3. The van der Waals surface area contributed by atoms with Crippen LogP contribution in [0, 0.1) is 5.41 Å². The lowest BCUT2D eigenvalue weighted by Crippen LogP contribution is -2.21. The lowest BCUT2D eigenvalue weighted by Gasteiger charge is -2.11. The predicted octanol–water partition coefficient (Wildman–Crippen LogP) is 0.938. The Labute approximate surface area is 87.1 Å². The molecule has 0 bridgehead atoms. The maximum atomic E-state index is 7.54. The van der Waals surface area contributed by atoms with Crippen LogP contribution in [-0.4, -0.2) is 63.1 Å². The van der Waals surface area contributed by atoms with Crippen molar-refractivity contribution in [1.82, 2.24) is 9.80 Å². The summed E-state index contributed by atoms with van der Waals surface area (Å²) in [6.07, 6.45) is 3.66. The molecule has 0 heterocycles.